The molecule has 21 heavy (non-hydrogen) atoms. The molecule has 0 radical (unpaired) electrons. The molecule has 1 saturated heterocycles. The first kappa shape index (κ1) is 16.2. The predicted octanol–water partition coefficient (Wildman–Crippen LogP) is 0.618. The van der Waals surface area contributed by atoms with E-state index in [9.17, 15) is 13.2 Å². The van der Waals surface area contributed by atoms with Crippen LogP contribution in [0.3, 0.4) is 0 Å². The van der Waals surface area contributed by atoms with Gasteiger partial charge in [-0.25, -0.2) is 10.9 Å². The average Bonchev–Trinajstić information content (AvgIpc) is 2.86. The molecule has 118 valence electrons. The maximum Gasteiger partial charge on any atom is 0.416 e. The number of hydrogen-bond acceptors (Lipinski definition) is 5. The molecular weight excluding hydrogens is 283 g/mol. The summed E-state index contributed by atoms with van der Waals surface area (Å²) in [5, 5.41) is 0. The molecule has 0 saturated carbocycles. The zero-order valence-electron chi connectivity index (χ0n) is 11.7. The number of nitrogens with zero attached hydrogens (tertiary/aromatic N) is 1. The number of rotatable bonds is 5. The fourth-order valence-electron chi connectivity index (χ4n) is 2.42. The zero-order chi connectivity index (χ0) is 15.5. The van der Waals surface area contributed by atoms with E-state index in [0.29, 0.717) is 18.7 Å². The largest absolute Gasteiger partial charge is 0.416 e. The van der Waals surface area contributed by atoms with Crippen LogP contribution in [0.15, 0.2) is 24.3 Å². The standard InChI is InChI=1S/C13H20F3N5/c1-21(6-5-17)8-11-12(19-20-18-11)9-3-2-4-10(7-9)13(14,15)16/h2-4,7,11-12,18-20H,5-6,8,17H2,1H3. The van der Waals surface area contributed by atoms with E-state index in [1.807, 2.05) is 11.9 Å². The highest BCUT2D eigenvalue weighted by Gasteiger charge is 2.33. The molecule has 0 aliphatic carbocycles. The van der Waals surface area contributed by atoms with Gasteiger partial charge in [0.05, 0.1) is 17.6 Å². The quantitative estimate of drug-likeness (QED) is 0.642. The van der Waals surface area contributed by atoms with E-state index in [2.05, 4.69) is 16.4 Å². The van der Waals surface area contributed by atoms with Crippen LogP contribution in [0.1, 0.15) is 17.2 Å². The van der Waals surface area contributed by atoms with Gasteiger partial charge in [-0.15, -0.1) is 0 Å². The summed E-state index contributed by atoms with van der Waals surface area (Å²) in [6.45, 7) is 1.93. The van der Waals surface area contributed by atoms with Crippen molar-refractivity contribution >= 4 is 0 Å². The van der Waals surface area contributed by atoms with Crippen molar-refractivity contribution in [2.75, 3.05) is 26.7 Å². The molecule has 5 N–H and O–H groups in total. The van der Waals surface area contributed by atoms with E-state index in [1.54, 1.807) is 6.07 Å². The van der Waals surface area contributed by atoms with Crippen molar-refractivity contribution in [1.29, 1.82) is 0 Å². The number of alkyl halides is 3. The van der Waals surface area contributed by atoms with Crippen LogP contribution in [-0.2, 0) is 6.18 Å². The molecular formula is C13H20F3N5. The Morgan fingerprint density at radius 3 is 2.71 bits per heavy atom. The van der Waals surface area contributed by atoms with Crippen LogP contribution in [0.25, 0.3) is 0 Å². The van der Waals surface area contributed by atoms with Crippen LogP contribution in [0.5, 0.6) is 0 Å². The molecule has 5 nitrogen and oxygen atoms in total. The Kier molecular flexibility index (Phi) is 5.17. The fraction of sp³-hybridized carbons (Fsp3) is 0.538. The maximum atomic E-state index is 12.8. The highest BCUT2D eigenvalue weighted by molar-refractivity contribution is 5.29. The van der Waals surface area contributed by atoms with Crippen LogP contribution < -0.4 is 22.1 Å². The third-order valence-electron chi connectivity index (χ3n) is 3.48. The van der Waals surface area contributed by atoms with E-state index in [0.717, 1.165) is 12.6 Å². The van der Waals surface area contributed by atoms with Crippen molar-refractivity contribution in [2.24, 2.45) is 5.73 Å². The lowest BCUT2D eigenvalue weighted by atomic mass is 9.98. The molecule has 2 atom stereocenters. The Morgan fingerprint density at radius 1 is 1.29 bits per heavy atom. The van der Waals surface area contributed by atoms with Gasteiger partial charge in [0.25, 0.3) is 0 Å². The summed E-state index contributed by atoms with van der Waals surface area (Å²) in [5.41, 5.74) is 14.2. The van der Waals surface area contributed by atoms with Crippen molar-refractivity contribution in [2.45, 2.75) is 18.3 Å². The molecule has 1 aromatic rings. The minimum Gasteiger partial charge on any atom is -0.329 e. The average molecular weight is 303 g/mol. The molecule has 1 heterocycles. The molecule has 8 heteroatoms. The van der Waals surface area contributed by atoms with E-state index >= 15 is 0 Å². The number of hydrazine groups is 2. The molecule has 0 spiro atoms. The van der Waals surface area contributed by atoms with Crippen LogP contribution in [0.2, 0.25) is 0 Å². The lowest BCUT2D eigenvalue weighted by Gasteiger charge is -2.24. The van der Waals surface area contributed by atoms with E-state index in [1.165, 1.54) is 12.1 Å². The second-order valence-electron chi connectivity index (χ2n) is 5.17. The lowest BCUT2D eigenvalue weighted by molar-refractivity contribution is -0.137. The summed E-state index contributed by atoms with van der Waals surface area (Å²) in [7, 11) is 1.93. The topological polar surface area (TPSA) is 65.3 Å². The summed E-state index contributed by atoms with van der Waals surface area (Å²) in [4.78, 5) is 2.03. The Balaban J connectivity index is 2.13. The zero-order valence-corrected chi connectivity index (χ0v) is 11.7. The number of halogens is 3. The summed E-state index contributed by atoms with van der Waals surface area (Å²) < 4.78 is 38.4. The SMILES string of the molecule is CN(CCN)CC1NNNC1c1cccc(C(F)(F)F)c1. The summed E-state index contributed by atoms with van der Waals surface area (Å²) >= 11 is 0. The first-order valence-corrected chi connectivity index (χ1v) is 6.73. The predicted molar refractivity (Wildman–Crippen MR) is 73.9 cm³/mol. The molecule has 2 unspecified atom stereocenters. The van der Waals surface area contributed by atoms with Gasteiger partial charge in [-0.1, -0.05) is 12.1 Å². The van der Waals surface area contributed by atoms with Crippen LogP contribution >= 0.6 is 0 Å². The second-order valence-corrected chi connectivity index (χ2v) is 5.17. The third-order valence-corrected chi connectivity index (χ3v) is 3.48. The Hall–Kier alpha value is -1.19. The van der Waals surface area contributed by atoms with Crippen LogP contribution in [0.4, 0.5) is 13.2 Å². The number of nitrogens with two attached hydrogens (primary N) is 1. The van der Waals surface area contributed by atoms with Crippen molar-refractivity contribution in [3.8, 4) is 0 Å². The molecule has 1 aliphatic rings. The van der Waals surface area contributed by atoms with E-state index in [-0.39, 0.29) is 12.1 Å². The van der Waals surface area contributed by atoms with Gasteiger partial charge in [-0.3, -0.25) is 0 Å². The van der Waals surface area contributed by atoms with E-state index in [4.69, 9.17) is 5.73 Å². The molecule has 1 aromatic carbocycles. The molecule has 2 rings (SSSR count). The van der Waals surface area contributed by atoms with Crippen molar-refractivity contribution in [3.05, 3.63) is 35.4 Å². The minimum atomic E-state index is -4.33. The van der Waals surface area contributed by atoms with Gasteiger partial charge in [0.2, 0.25) is 0 Å². The van der Waals surface area contributed by atoms with Crippen LogP contribution in [0, 0.1) is 0 Å². The van der Waals surface area contributed by atoms with Gasteiger partial charge >= 0.3 is 6.18 Å². The molecule has 1 aliphatic heterocycles. The summed E-state index contributed by atoms with van der Waals surface area (Å²) in [5.74, 6) is 0. The Labute approximate surface area is 121 Å². The lowest BCUT2D eigenvalue weighted by Crippen LogP contribution is -2.42. The smallest absolute Gasteiger partial charge is 0.329 e. The van der Waals surface area contributed by atoms with E-state index < -0.39 is 11.7 Å². The van der Waals surface area contributed by atoms with Gasteiger partial charge in [0, 0.05) is 19.6 Å². The third kappa shape index (κ3) is 4.14. The Morgan fingerprint density at radius 2 is 2.05 bits per heavy atom. The van der Waals surface area contributed by atoms with Gasteiger partial charge in [0.1, 0.15) is 0 Å². The number of hydrogen-bond donors (Lipinski definition) is 4. The highest BCUT2D eigenvalue weighted by atomic mass is 19.4. The highest BCUT2D eigenvalue weighted by Crippen LogP contribution is 2.31. The van der Waals surface area contributed by atoms with Gasteiger partial charge in [-0.2, -0.15) is 18.7 Å². The first-order valence-electron chi connectivity index (χ1n) is 6.73. The van der Waals surface area contributed by atoms with Crippen LogP contribution in [-0.4, -0.2) is 37.6 Å². The second kappa shape index (κ2) is 6.71. The van der Waals surface area contributed by atoms with Gasteiger partial charge in [0.15, 0.2) is 0 Å². The Bertz CT molecular complexity index is 465. The fourth-order valence-corrected chi connectivity index (χ4v) is 2.42. The van der Waals surface area contributed by atoms with Crippen molar-refractivity contribution < 1.29 is 13.2 Å². The minimum absolute atomic E-state index is 0.0509. The number of likely N-dealkylation sites (N-methyl/N-ethyl adjacent to an activating group) is 1. The van der Waals surface area contributed by atoms with Crippen molar-refractivity contribution in [1.82, 2.24) is 21.3 Å². The van der Waals surface area contributed by atoms with Crippen molar-refractivity contribution in [3.63, 3.8) is 0 Å². The number of benzene rings is 1. The van der Waals surface area contributed by atoms with Gasteiger partial charge < -0.3 is 10.6 Å². The van der Waals surface area contributed by atoms with Gasteiger partial charge in [-0.05, 0) is 24.7 Å². The first-order chi connectivity index (χ1) is 9.91. The molecule has 0 aromatic heterocycles. The normalized spacial score (nSPS) is 23.0. The monoisotopic (exact) mass is 303 g/mol. The molecule has 0 amide bonds. The molecule has 1 fully saturated rings. The molecule has 0 bridgehead atoms. The summed E-state index contributed by atoms with van der Waals surface area (Å²) in [6.07, 6.45) is -4.33. The summed E-state index contributed by atoms with van der Waals surface area (Å²) in [6, 6.07) is 5.09. The number of nitrogens with one attached hydrogen (secondary N) is 3. The maximum absolute atomic E-state index is 12.8.